The number of anilines is 3. The molecule has 2 heterocycles. The Morgan fingerprint density at radius 2 is 1.72 bits per heavy atom. The molecule has 2 aromatic carbocycles. The monoisotopic (exact) mass is 387 g/mol. The number of pyridine rings is 1. The number of ether oxygens (including phenoxy) is 2. The van der Waals surface area contributed by atoms with E-state index in [0.717, 1.165) is 33.7 Å². The Hall–Kier alpha value is -3.87. The Morgan fingerprint density at radius 3 is 2.52 bits per heavy atom. The van der Waals surface area contributed by atoms with Crippen LogP contribution in [-0.4, -0.2) is 29.2 Å². The van der Waals surface area contributed by atoms with E-state index in [-0.39, 0.29) is 0 Å². The maximum Gasteiger partial charge on any atom is 0.223 e. The van der Waals surface area contributed by atoms with Crippen molar-refractivity contribution in [2.75, 3.05) is 24.9 Å². The van der Waals surface area contributed by atoms with E-state index in [4.69, 9.17) is 9.47 Å². The van der Waals surface area contributed by atoms with Gasteiger partial charge in [0.2, 0.25) is 5.95 Å². The first-order chi connectivity index (χ1) is 14.3. The van der Waals surface area contributed by atoms with E-state index in [1.54, 1.807) is 26.6 Å². The van der Waals surface area contributed by atoms with Gasteiger partial charge in [-0.3, -0.25) is 0 Å². The highest BCUT2D eigenvalue weighted by Crippen LogP contribution is 2.25. The van der Waals surface area contributed by atoms with E-state index in [1.807, 2.05) is 54.6 Å². The van der Waals surface area contributed by atoms with Crippen LogP contribution in [-0.2, 0) is 6.54 Å². The van der Waals surface area contributed by atoms with Gasteiger partial charge in [0.05, 0.1) is 25.1 Å². The second-order valence-electron chi connectivity index (χ2n) is 6.30. The predicted octanol–water partition coefficient (Wildman–Crippen LogP) is 4.40. The predicted molar refractivity (Wildman–Crippen MR) is 114 cm³/mol. The standard InChI is InChI=1S/C22H21N5O2/c1-28-17-9-7-16(8-10-17)26-21-18-14-25-22(27-19(18)11-12-23-21)24-13-15-5-3-4-6-20(15)29-2/h3-12,14H,13H2,1-2H3,(H,23,26)(H,24,25,27). The lowest BCUT2D eigenvalue weighted by Crippen LogP contribution is -2.05. The van der Waals surface area contributed by atoms with Crippen molar-refractivity contribution in [2.24, 2.45) is 0 Å². The van der Waals surface area contributed by atoms with Crippen LogP contribution in [0.3, 0.4) is 0 Å². The quantitative estimate of drug-likeness (QED) is 0.486. The lowest BCUT2D eigenvalue weighted by Gasteiger charge is -2.11. The van der Waals surface area contributed by atoms with Gasteiger partial charge in [-0.25, -0.2) is 15.0 Å². The summed E-state index contributed by atoms with van der Waals surface area (Å²) < 4.78 is 10.6. The molecule has 0 radical (unpaired) electrons. The smallest absolute Gasteiger partial charge is 0.223 e. The van der Waals surface area contributed by atoms with E-state index < -0.39 is 0 Å². The minimum atomic E-state index is 0.546. The Bertz CT molecular complexity index is 1120. The average Bonchev–Trinajstić information content (AvgIpc) is 2.78. The minimum absolute atomic E-state index is 0.546. The van der Waals surface area contributed by atoms with Gasteiger partial charge in [-0.2, -0.15) is 0 Å². The fraction of sp³-hybridized carbons (Fsp3) is 0.136. The Morgan fingerprint density at radius 1 is 0.897 bits per heavy atom. The maximum atomic E-state index is 5.39. The van der Waals surface area contributed by atoms with Crippen LogP contribution in [0, 0.1) is 0 Å². The molecule has 0 aliphatic heterocycles. The highest BCUT2D eigenvalue weighted by molar-refractivity contribution is 5.90. The molecule has 2 aromatic heterocycles. The van der Waals surface area contributed by atoms with Gasteiger partial charge >= 0.3 is 0 Å². The van der Waals surface area contributed by atoms with Crippen LogP contribution in [0.5, 0.6) is 11.5 Å². The first-order valence-electron chi connectivity index (χ1n) is 9.15. The van der Waals surface area contributed by atoms with Gasteiger partial charge in [0, 0.05) is 30.2 Å². The molecular weight excluding hydrogens is 366 g/mol. The van der Waals surface area contributed by atoms with Crippen LogP contribution in [0.25, 0.3) is 10.9 Å². The molecule has 7 heteroatoms. The number of nitrogens with zero attached hydrogens (tertiary/aromatic N) is 3. The Kier molecular flexibility index (Phi) is 5.38. The molecule has 4 aromatic rings. The maximum absolute atomic E-state index is 5.39. The second-order valence-corrected chi connectivity index (χ2v) is 6.30. The van der Waals surface area contributed by atoms with Crippen molar-refractivity contribution in [3.05, 3.63) is 72.6 Å². The summed E-state index contributed by atoms with van der Waals surface area (Å²) in [5.74, 6) is 2.88. The molecule has 146 valence electrons. The number of nitrogens with one attached hydrogen (secondary N) is 2. The first-order valence-corrected chi connectivity index (χ1v) is 9.15. The molecule has 0 aliphatic rings. The molecule has 0 spiro atoms. The molecule has 0 aliphatic carbocycles. The molecule has 0 amide bonds. The number of para-hydroxylation sites is 1. The van der Waals surface area contributed by atoms with Crippen molar-refractivity contribution >= 4 is 28.4 Å². The van der Waals surface area contributed by atoms with Crippen molar-refractivity contribution in [2.45, 2.75) is 6.54 Å². The van der Waals surface area contributed by atoms with E-state index >= 15 is 0 Å². The second kappa shape index (κ2) is 8.43. The van der Waals surface area contributed by atoms with E-state index in [9.17, 15) is 0 Å². The third-order valence-electron chi connectivity index (χ3n) is 4.49. The topological polar surface area (TPSA) is 81.2 Å². The molecule has 0 saturated carbocycles. The van der Waals surface area contributed by atoms with Crippen molar-refractivity contribution in [1.29, 1.82) is 0 Å². The SMILES string of the molecule is COc1ccc(Nc2nccc3nc(NCc4ccccc4OC)ncc23)cc1. The molecule has 2 N–H and O–H groups in total. The summed E-state index contributed by atoms with van der Waals surface area (Å²) in [5, 5.41) is 7.40. The molecule has 0 atom stereocenters. The summed E-state index contributed by atoms with van der Waals surface area (Å²) in [6.45, 7) is 0.567. The number of aromatic nitrogens is 3. The number of benzene rings is 2. The van der Waals surface area contributed by atoms with Gasteiger partial charge in [-0.05, 0) is 36.4 Å². The molecule has 29 heavy (non-hydrogen) atoms. The van der Waals surface area contributed by atoms with Gasteiger partial charge in [-0.1, -0.05) is 18.2 Å². The number of fused-ring (bicyclic) bond motifs is 1. The lowest BCUT2D eigenvalue weighted by molar-refractivity contribution is 0.410. The molecule has 7 nitrogen and oxygen atoms in total. The summed E-state index contributed by atoms with van der Waals surface area (Å²) in [6, 6.07) is 17.4. The summed E-state index contributed by atoms with van der Waals surface area (Å²) in [4.78, 5) is 13.5. The molecule has 0 unspecified atom stereocenters. The third kappa shape index (κ3) is 4.19. The van der Waals surface area contributed by atoms with Gasteiger partial charge in [-0.15, -0.1) is 0 Å². The number of rotatable bonds is 7. The largest absolute Gasteiger partial charge is 0.497 e. The normalized spacial score (nSPS) is 10.6. The van der Waals surface area contributed by atoms with Crippen LogP contribution >= 0.6 is 0 Å². The van der Waals surface area contributed by atoms with Crippen LogP contribution in [0.15, 0.2) is 67.0 Å². The number of hydrogen-bond acceptors (Lipinski definition) is 7. The van der Waals surface area contributed by atoms with Gasteiger partial charge in [0.1, 0.15) is 17.3 Å². The summed E-state index contributed by atoms with van der Waals surface area (Å²) >= 11 is 0. The molecule has 4 rings (SSSR count). The summed E-state index contributed by atoms with van der Waals surface area (Å²) in [5.41, 5.74) is 2.74. The molecule has 0 bridgehead atoms. The summed E-state index contributed by atoms with van der Waals surface area (Å²) in [6.07, 6.45) is 3.50. The average molecular weight is 387 g/mol. The van der Waals surface area contributed by atoms with Crippen LogP contribution < -0.4 is 20.1 Å². The highest BCUT2D eigenvalue weighted by atomic mass is 16.5. The zero-order valence-electron chi connectivity index (χ0n) is 16.2. The van der Waals surface area contributed by atoms with Gasteiger partial charge < -0.3 is 20.1 Å². The summed E-state index contributed by atoms with van der Waals surface area (Å²) in [7, 11) is 3.31. The zero-order valence-corrected chi connectivity index (χ0v) is 16.2. The number of hydrogen-bond donors (Lipinski definition) is 2. The fourth-order valence-electron chi connectivity index (χ4n) is 2.98. The van der Waals surface area contributed by atoms with Crippen molar-refractivity contribution in [3.8, 4) is 11.5 Å². The Balaban J connectivity index is 1.53. The fourth-order valence-corrected chi connectivity index (χ4v) is 2.98. The van der Waals surface area contributed by atoms with Crippen LogP contribution in [0.2, 0.25) is 0 Å². The number of methoxy groups -OCH3 is 2. The highest BCUT2D eigenvalue weighted by Gasteiger charge is 2.08. The molecule has 0 saturated heterocycles. The zero-order chi connectivity index (χ0) is 20.1. The lowest BCUT2D eigenvalue weighted by atomic mass is 10.2. The molecule has 0 fully saturated rings. The van der Waals surface area contributed by atoms with E-state index in [1.165, 1.54) is 0 Å². The van der Waals surface area contributed by atoms with Crippen LogP contribution in [0.1, 0.15) is 5.56 Å². The third-order valence-corrected chi connectivity index (χ3v) is 4.49. The molecular formula is C22H21N5O2. The van der Waals surface area contributed by atoms with Crippen molar-refractivity contribution < 1.29 is 9.47 Å². The van der Waals surface area contributed by atoms with E-state index in [2.05, 4.69) is 25.6 Å². The van der Waals surface area contributed by atoms with Gasteiger partial charge in [0.15, 0.2) is 0 Å². The van der Waals surface area contributed by atoms with Crippen molar-refractivity contribution in [1.82, 2.24) is 15.0 Å². The van der Waals surface area contributed by atoms with E-state index in [0.29, 0.717) is 18.3 Å². The minimum Gasteiger partial charge on any atom is -0.497 e. The van der Waals surface area contributed by atoms with Crippen molar-refractivity contribution in [3.63, 3.8) is 0 Å². The Labute approximate surface area is 168 Å². The van der Waals surface area contributed by atoms with Gasteiger partial charge in [0.25, 0.3) is 0 Å². The first kappa shape index (κ1) is 18.5. The van der Waals surface area contributed by atoms with Crippen LogP contribution in [0.4, 0.5) is 17.5 Å².